The third kappa shape index (κ3) is 1.84. The summed E-state index contributed by atoms with van der Waals surface area (Å²) in [6.07, 6.45) is 2.14. The van der Waals surface area contributed by atoms with E-state index in [0.717, 1.165) is 12.8 Å². The van der Waals surface area contributed by atoms with Gasteiger partial charge in [0.15, 0.2) is 0 Å². The maximum Gasteiger partial charge on any atom is 0.270 e. The zero-order valence-electron chi connectivity index (χ0n) is 9.04. The summed E-state index contributed by atoms with van der Waals surface area (Å²) in [5, 5.41) is 10.7. The van der Waals surface area contributed by atoms with E-state index in [1.54, 1.807) is 4.90 Å². The van der Waals surface area contributed by atoms with Crippen LogP contribution in [0.4, 0.5) is 0 Å². The topological polar surface area (TPSA) is 56.3 Å². The fourth-order valence-corrected chi connectivity index (χ4v) is 2.64. The van der Waals surface area contributed by atoms with Gasteiger partial charge in [-0.25, -0.2) is 0 Å². The van der Waals surface area contributed by atoms with Crippen molar-refractivity contribution < 1.29 is 9.90 Å². The van der Waals surface area contributed by atoms with E-state index in [0.29, 0.717) is 29.7 Å². The van der Waals surface area contributed by atoms with Gasteiger partial charge in [-0.05, 0) is 24.8 Å². The Kier molecular flexibility index (Phi) is 2.44. The third-order valence-electron chi connectivity index (χ3n) is 3.51. The van der Waals surface area contributed by atoms with E-state index in [1.807, 2.05) is 0 Å². The summed E-state index contributed by atoms with van der Waals surface area (Å²) in [6.45, 7) is 0.815. The van der Waals surface area contributed by atoms with Gasteiger partial charge in [-0.1, -0.05) is 23.2 Å². The van der Waals surface area contributed by atoms with Gasteiger partial charge < -0.3 is 15.0 Å². The molecule has 1 aromatic heterocycles. The fraction of sp³-hybridized carbons (Fsp3) is 0.545. The molecule has 92 valence electrons. The minimum atomic E-state index is -0.657. The van der Waals surface area contributed by atoms with E-state index >= 15 is 0 Å². The molecule has 1 amide bonds. The van der Waals surface area contributed by atoms with Gasteiger partial charge in [0.05, 0.1) is 18.1 Å². The molecule has 0 bridgehead atoms. The predicted molar refractivity (Wildman–Crippen MR) is 64.4 cm³/mol. The maximum absolute atomic E-state index is 12.0. The lowest BCUT2D eigenvalue weighted by Crippen LogP contribution is -2.64. The van der Waals surface area contributed by atoms with Gasteiger partial charge in [-0.2, -0.15) is 0 Å². The van der Waals surface area contributed by atoms with Crippen LogP contribution in [-0.2, 0) is 0 Å². The Hall–Kier alpha value is -0.710. The van der Waals surface area contributed by atoms with E-state index in [2.05, 4.69) is 4.98 Å². The number of rotatable bonds is 2. The number of aliphatic hydroxyl groups is 1. The van der Waals surface area contributed by atoms with Gasteiger partial charge in [0.1, 0.15) is 16.4 Å². The first kappa shape index (κ1) is 11.4. The Balaban J connectivity index is 1.68. The standard InChI is InChI=1S/C11H12Cl2N2O2/c12-7-3-8(14-9(7)13)10(16)15-4-11(17,5-15)6-1-2-6/h3,6,14,17H,1-2,4-5H2. The highest BCUT2D eigenvalue weighted by Gasteiger charge is 2.53. The Bertz CT molecular complexity index is 456. The molecule has 0 aromatic carbocycles. The molecule has 2 N–H and O–H groups in total. The molecule has 2 heterocycles. The van der Waals surface area contributed by atoms with Crippen LogP contribution in [0, 0.1) is 5.92 Å². The number of likely N-dealkylation sites (tertiary alicyclic amines) is 1. The number of carbonyl (C=O) groups is 1. The van der Waals surface area contributed by atoms with Crippen molar-refractivity contribution in [3.63, 3.8) is 0 Å². The number of amides is 1. The molecule has 4 nitrogen and oxygen atoms in total. The van der Waals surface area contributed by atoms with Crippen LogP contribution in [0.5, 0.6) is 0 Å². The van der Waals surface area contributed by atoms with Gasteiger partial charge in [0.25, 0.3) is 5.91 Å². The van der Waals surface area contributed by atoms with Crippen LogP contribution in [0.1, 0.15) is 23.3 Å². The van der Waals surface area contributed by atoms with Crippen molar-refractivity contribution >= 4 is 29.1 Å². The zero-order valence-corrected chi connectivity index (χ0v) is 10.6. The number of halogens is 2. The highest BCUT2D eigenvalue weighted by molar-refractivity contribution is 6.41. The average Bonchev–Trinajstić information content (AvgIpc) is 3.02. The second kappa shape index (κ2) is 3.64. The number of nitrogens with zero attached hydrogens (tertiary/aromatic N) is 1. The molecule has 17 heavy (non-hydrogen) atoms. The summed E-state index contributed by atoms with van der Waals surface area (Å²) < 4.78 is 0. The van der Waals surface area contributed by atoms with Crippen LogP contribution < -0.4 is 0 Å². The fourth-order valence-electron chi connectivity index (χ4n) is 2.33. The summed E-state index contributed by atoms with van der Waals surface area (Å²) in [5.74, 6) is 0.214. The molecule has 0 atom stereocenters. The Labute approximate surface area is 109 Å². The van der Waals surface area contributed by atoms with Crippen molar-refractivity contribution in [2.45, 2.75) is 18.4 Å². The van der Waals surface area contributed by atoms with E-state index in [9.17, 15) is 9.90 Å². The quantitative estimate of drug-likeness (QED) is 0.866. The second-order valence-corrected chi connectivity index (χ2v) is 5.67. The maximum atomic E-state index is 12.0. The van der Waals surface area contributed by atoms with Crippen LogP contribution in [0.25, 0.3) is 0 Å². The molecule has 0 radical (unpaired) electrons. The molecule has 1 aliphatic carbocycles. The summed E-state index contributed by atoms with van der Waals surface area (Å²) in [5.41, 5.74) is -0.284. The van der Waals surface area contributed by atoms with Crippen molar-refractivity contribution in [2.24, 2.45) is 5.92 Å². The lowest BCUT2D eigenvalue weighted by Gasteiger charge is -2.46. The number of nitrogens with one attached hydrogen (secondary N) is 1. The molecule has 6 heteroatoms. The van der Waals surface area contributed by atoms with Crippen molar-refractivity contribution in [2.75, 3.05) is 13.1 Å². The summed E-state index contributed by atoms with van der Waals surface area (Å²) in [7, 11) is 0. The van der Waals surface area contributed by atoms with E-state index < -0.39 is 5.60 Å². The smallest absolute Gasteiger partial charge is 0.270 e. The van der Waals surface area contributed by atoms with Gasteiger partial charge in [-0.3, -0.25) is 4.79 Å². The van der Waals surface area contributed by atoms with E-state index in [1.165, 1.54) is 6.07 Å². The number of aromatic nitrogens is 1. The van der Waals surface area contributed by atoms with Crippen LogP contribution >= 0.6 is 23.2 Å². The molecular formula is C11H12Cl2N2O2. The summed E-state index contributed by atoms with van der Waals surface area (Å²) in [4.78, 5) is 16.3. The minimum absolute atomic E-state index is 0.163. The van der Waals surface area contributed by atoms with E-state index in [4.69, 9.17) is 23.2 Å². The Morgan fingerprint density at radius 3 is 2.59 bits per heavy atom. The van der Waals surface area contributed by atoms with Crippen LogP contribution in [0.3, 0.4) is 0 Å². The van der Waals surface area contributed by atoms with E-state index in [-0.39, 0.29) is 11.1 Å². The van der Waals surface area contributed by atoms with Crippen molar-refractivity contribution in [1.82, 2.24) is 9.88 Å². The van der Waals surface area contributed by atoms with Crippen LogP contribution in [0.15, 0.2) is 6.07 Å². The van der Waals surface area contributed by atoms with Gasteiger partial charge in [-0.15, -0.1) is 0 Å². The molecule has 1 aliphatic heterocycles. The van der Waals surface area contributed by atoms with Crippen LogP contribution in [-0.4, -0.2) is 39.6 Å². The lowest BCUT2D eigenvalue weighted by atomic mass is 9.88. The summed E-state index contributed by atoms with van der Waals surface area (Å²) >= 11 is 11.5. The Morgan fingerprint density at radius 1 is 1.47 bits per heavy atom. The number of hydrogen-bond donors (Lipinski definition) is 2. The molecule has 0 spiro atoms. The largest absolute Gasteiger partial charge is 0.386 e. The number of carbonyl (C=O) groups excluding carboxylic acids is 1. The van der Waals surface area contributed by atoms with Gasteiger partial charge >= 0.3 is 0 Å². The third-order valence-corrected chi connectivity index (χ3v) is 4.20. The molecular weight excluding hydrogens is 263 g/mol. The van der Waals surface area contributed by atoms with Crippen molar-refractivity contribution in [3.05, 3.63) is 21.9 Å². The van der Waals surface area contributed by atoms with Crippen molar-refractivity contribution in [3.8, 4) is 0 Å². The molecule has 3 rings (SSSR count). The first-order valence-corrected chi connectivity index (χ1v) is 6.31. The minimum Gasteiger partial charge on any atom is -0.386 e. The first-order chi connectivity index (χ1) is 7.99. The number of β-amino-alcohol motifs (C(OH)–C–C–N with tert-alkyl or cyclic N) is 1. The summed E-state index contributed by atoms with van der Waals surface area (Å²) in [6, 6.07) is 1.51. The lowest BCUT2D eigenvalue weighted by molar-refractivity contribution is -0.0959. The molecule has 2 aliphatic rings. The van der Waals surface area contributed by atoms with Gasteiger partial charge in [0, 0.05) is 0 Å². The SMILES string of the molecule is O=C(c1cc(Cl)c(Cl)[nH]1)N1CC(O)(C2CC2)C1. The first-order valence-electron chi connectivity index (χ1n) is 5.55. The number of H-pyrrole nitrogens is 1. The highest BCUT2D eigenvalue weighted by Crippen LogP contribution is 2.44. The van der Waals surface area contributed by atoms with Gasteiger partial charge in [0.2, 0.25) is 0 Å². The zero-order chi connectivity index (χ0) is 12.2. The second-order valence-electron chi connectivity index (χ2n) is 4.88. The molecule has 0 unspecified atom stereocenters. The molecule has 1 aromatic rings. The predicted octanol–water partition coefficient (Wildman–Crippen LogP) is 1.92. The molecule has 1 saturated carbocycles. The molecule has 2 fully saturated rings. The molecule has 1 saturated heterocycles. The monoisotopic (exact) mass is 274 g/mol. The number of aromatic amines is 1. The van der Waals surface area contributed by atoms with Crippen molar-refractivity contribution in [1.29, 1.82) is 0 Å². The normalized spacial score (nSPS) is 22.4. The van der Waals surface area contributed by atoms with Crippen LogP contribution in [0.2, 0.25) is 10.2 Å². The number of hydrogen-bond acceptors (Lipinski definition) is 2. The highest BCUT2D eigenvalue weighted by atomic mass is 35.5. The Morgan fingerprint density at radius 2 is 2.12 bits per heavy atom. The average molecular weight is 275 g/mol.